The van der Waals surface area contributed by atoms with E-state index < -0.39 is 9.38 Å². The molecule has 0 radical (unpaired) electrons. The van der Waals surface area contributed by atoms with E-state index >= 15 is 0 Å². The van der Waals surface area contributed by atoms with Crippen molar-refractivity contribution < 1.29 is 35.3 Å². The third kappa shape index (κ3) is 6.86. The van der Waals surface area contributed by atoms with Crippen molar-refractivity contribution in [1.29, 1.82) is 0 Å². The van der Waals surface area contributed by atoms with Gasteiger partial charge in [-0.3, -0.25) is 0 Å². The van der Waals surface area contributed by atoms with Crippen LogP contribution in [0, 0.1) is 0 Å². The molecule has 4 aromatic carbocycles. The molecule has 36 heavy (non-hydrogen) atoms. The summed E-state index contributed by atoms with van der Waals surface area (Å²) in [6.45, 7) is 0. The summed E-state index contributed by atoms with van der Waals surface area (Å²) in [4.78, 5) is 0. The molecule has 0 saturated carbocycles. The topological polar surface area (TPSA) is 0 Å². The number of rotatable bonds is 11. The molecule has 4 rings (SSSR count). The van der Waals surface area contributed by atoms with Gasteiger partial charge in [-0.05, 0) is 0 Å². The molecule has 0 fully saturated rings. The van der Waals surface area contributed by atoms with Crippen LogP contribution < -0.4 is 21.2 Å². The molecule has 0 saturated heterocycles. The number of hydrogen-bond acceptors (Lipinski definition) is 0. The second-order valence-corrected chi connectivity index (χ2v) is 31.5. The summed E-state index contributed by atoms with van der Waals surface area (Å²) in [5.74, 6) is 0. The zero-order valence-corrected chi connectivity index (χ0v) is 27.7. The number of halogens is 2. The molecule has 0 N–H and O–H groups in total. The van der Waals surface area contributed by atoms with Crippen LogP contribution in [0.1, 0.15) is 25.7 Å². The molecule has 0 aliphatic rings. The summed E-state index contributed by atoms with van der Waals surface area (Å²) in [6.07, 6.45) is 7.40. The van der Waals surface area contributed by atoms with Crippen molar-refractivity contribution in [3.63, 3.8) is 0 Å². The first kappa shape index (κ1) is 28.8. The molecular weight excluding hydrogens is 887 g/mol. The Balaban J connectivity index is 1.46. The van der Waals surface area contributed by atoms with Gasteiger partial charge in [0.2, 0.25) is 0 Å². The molecule has 0 nitrogen and oxygen atoms in total. The summed E-state index contributed by atoms with van der Waals surface area (Å²) in [5, 5.41) is 5.88. The van der Waals surface area contributed by atoms with Crippen molar-refractivity contribution in [2.24, 2.45) is 0 Å². The van der Waals surface area contributed by atoms with Gasteiger partial charge in [0.05, 0.1) is 0 Å². The normalized spacial score (nSPS) is 12.2. The molecule has 198 valence electrons. The zero-order valence-electron chi connectivity index (χ0n) is 20.0. The summed E-state index contributed by atoms with van der Waals surface area (Å²) in [5.41, 5.74) is 0. The maximum atomic E-state index is 6.89. The van der Waals surface area contributed by atoms with Gasteiger partial charge in [0.15, 0.2) is 0 Å². The molecular formula is C30H32Au2Cl2P2. The third-order valence-electron chi connectivity index (χ3n) is 6.41. The fourth-order valence-electron chi connectivity index (χ4n) is 4.58. The first-order valence-electron chi connectivity index (χ1n) is 12.2. The fraction of sp³-hybridized carbons (Fsp3) is 0.200. The van der Waals surface area contributed by atoms with Gasteiger partial charge in [0.1, 0.15) is 0 Å². The minimum atomic E-state index is -1.51. The summed E-state index contributed by atoms with van der Waals surface area (Å²) < 4.78 is -3.02. The molecule has 0 unspecified atom stereocenters. The molecule has 0 atom stereocenters. The van der Waals surface area contributed by atoms with Crippen molar-refractivity contribution in [3.8, 4) is 0 Å². The molecule has 0 aromatic heterocycles. The van der Waals surface area contributed by atoms with Crippen molar-refractivity contribution in [2.75, 3.05) is 12.3 Å². The van der Waals surface area contributed by atoms with Gasteiger partial charge in [-0.25, -0.2) is 0 Å². The van der Waals surface area contributed by atoms with Crippen molar-refractivity contribution >= 4 is 49.0 Å². The molecule has 0 aliphatic heterocycles. The van der Waals surface area contributed by atoms with E-state index in [4.69, 9.17) is 18.4 Å². The van der Waals surface area contributed by atoms with E-state index in [1.54, 1.807) is 0 Å². The first-order chi connectivity index (χ1) is 17.7. The van der Waals surface area contributed by atoms with Gasteiger partial charge in [-0.2, -0.15) is 0 Å². The molecule has 0 heterocycles. The van der Waals surface area contributed by atoms with E-state index in [-0.39, 0.29) is 35.3 Å². The van der Waals surface area contributed by atoms with Crippen LogP contribution in [-0.4, -0.2) is 12.3 Å². The van der Waals surface area contributed by atoms with E-state index in [0.717, 1.165) is 0 Å². The summed E-state index contributed by atoms with van der Waals surface area (Å²) in [6, 6.07) is 44.3. The van der Waals surface area contributed by atoms with E-state index in [1.807, 2.05) is 0 Å². The van der Waals surface area contributed by atoms with E-state index in [9.17, 15) is 0 Å². The number of unbranched alkanes of at least 4 members (excludes halogenated alkanes) is 3. The maximum absolute atomic E-state index is 6.89. The van der Waals surface area contributed by atoms with Crippen molar-refractivity contribution in [3.05, 3.63) is 121 Å². The van der Waals surface area contributed by atoms with Crippen LogP contribution in [-0.2, 0) is 35.3 Å². The van der Waals surface area contributed by atoms with Crippen LogP contribution in [0.2, 0.25) is 0 Å². The third-order valence-corrected chi connectivity index (χ3v) is 34.8. The average Bonchev–Trinajstić information content (AvgIpc) is 2.97. The van der Waals surface area contributed by atoms with Gasteiger partial charge in [0.25, 0.3) is 0 Å². The average molecular weight is 919 g/mol. The van der Waals surface area contributed by atoms with Gasteiger partial charge in [-0.15, -0.1) is 0 Å². The second-order valence-electron chi connectivity index (χ2n) is 8.62. The monoisotopic (exact) mass is 918 g/mol. The molecule has 0 aliphatic carbocycles. The van der Waals surface area contributed by atoms with Crippen LogP contribution in [0.4, 0.5) is 0 Å². The first-order valence-corrected chi connectivity index (χ1v) is 26.9. The Labute approximate surface area is 241 Å². The summed E-state index contributed by atoms with van der Waals surface area (Å²) >= 11 is -0.609. The SMILES string of the molecule is [Cl][Au]=[P](CCCCCC[P](=[Au][Cl])(c1ccccc1)c1ccccc1)(c1ccccc1)c1ccccc1. The van der Waals surface area contributed by atoms with Crippen LogP contribution >= 0.6 is 27.8 Å². The Morgan fingerprint density at radius 2 is 0.639 bits per heavy atom. The number of hydrogen-bond donors (Lipinski definition) is 0. The standard InChI is InChI=1S/C30H32P2.2Au.2ClH/c1(15-25-31(27-17-7-3-8-18-27)28-19-9-4-10-20-28)2-16-26-32(29-21-11-5-12-22-29)30-23-13-6-14-24-30;;;;/h3-14,17-24H,1-2,15-16,25-26H2;;;2*1H/q;2*+1;;/p-2. The molecule has 0 amide bonds. The predicted molar refractivity (Wildman–Crippen MR) is 158 cm³/mol. The van der Waals surface area contributed by atoms with E-state index in [1.165, 1.54) is 59.2 Å². The van der Waals surface area contributed by atoms with Crippen LogP contribution in [0.15, 0.2) is 121 Å². The zero-order chi connectivity index (χ0) is 25.1. The van der Waals surface area contributed by atoms with Gasteiger partial charge in [-0.1, -0.05) is 0 Å². The van der Waals surface area contributed by atoms with Crippen molar-refractivity contribution in [2.45, 2.75) is 25.7 Å². The van der Waals surface area contributed by atoms with Crippen molar-refractivity contribution in [1.82, 2.24) is 0 Å². The van der Waals surface area contributed by atoms with Crippen LogP contribution in [0.5, 0.6) is 0 Å². The Kier molecular flexibility index (Phi) is 11.9. The van der Waals surface area contributed by atoms with E-state index in [0.29, 0.717) is 0 Å². The Morgan fingerprint density at radius 1 is 0.389 bits per heavy atom. The Morgan fingerprint density at radius 3 is 0.861 bits per heavy atom. The van der Waals surface area contributed by atoms with Crippen LogP contribution in [0.3, 0.4) is 0 Å². The predicted octanol–water partition coefficient (Wildman–Crippen LogP) is 8.19. The molecule has 6 heteroatoms. The van der Waals surface area contributed by atoms with Gasteiger partial charge >= 0.3 is 244 Å². The molecule has 4 aromatic rings. The minimum absolute atomic E-state index is 0.304. The van der Waals surface area contributed by atoms with E-state index in [2.05, 4.69) is 121 Å². The Hall–Kier alpha value is -0.199. The Bertz CT molecular complexity index is 1120. The molecule has 0 spiro atoms. The van der Waals surface area contributed by atoms with Gasteiger partial charge in [0, 0.05) is 0 Å². The quantitative estimate of drug-likeness (QED) is 0.0810. The summed E-state index contributed by atoms with van der Waals surface area (Å²) in [7, 11) is 13.8. The second kappa shape index (κ2) is 14.8. The fourth-order valence-corrected chi connectivity index (χ4v) is 28.2. The van der Waals surface area contributed by atoms with Gasteiger partial charge < -0.3 is 0 Å². The van der Waals surface area contributed by atoms with Crippen LogP contribution in [0.25, 0.3) is 0 Å². The molecule has 0 bridgehead atoms. The number of benzene rings is 4.